The van der Waals surface area contributed by atoms with Gasteiger partial charge in [-0.15, -0.1) is 0 Å². The second kappa shape index (κ2) is 11.8. The summed E-state index contributed by atoms with van der Waals surface area (Å²) in [5.74, 6) is 3.63. The Bertz CT molecular complexity index is 1610. The number of benzene rings is 4. The normalized spacial score (nSPS) is 10.5. The van der Waals surface area contributed by atoms with Crippen LogP contribution in [0.15, 0.2) is 54.6 Å². The summed E-state index contributed by atoms with van der Waals surface area (Å²) in [7, 11) is 0. The van der Waals surface area contributed by atoms with Gasteiger partial charge >= 0.3 is 0 Å². The van der Waals surface area contributed by atoms with Gasteiger partial charge < -0.3 is 4.74 Å². The average molecular weight is 522 g/mol. The SMILES string of the molecule is CCCCCOc1cc(F)c(C#Cc2ccc(C#Cc3ccc4c(F)c(F)c(F)cc4c3)c(F)c2)c(F)c1. The Labute approximate surface area is 216 Å². The van der Waals surface area contributed by atoms with Crippen molar-refractivity contribution in [2.45, 2.75) is 26.2 Å². The zero-order valence-corrected chi connectivity index (χ0v) is 20.2. The third kappa shape index (κ3) is 6.12. The number of fused-ring (bicyclic) bond motifs is 1. The lowest BCUT2D eigenvalue weighted by Crippen LogP contribution is -2.00. The summed E-state index contributed by atoms with van der Waals surface area (Å²) < 4.78 is 89.5. The summed E-state index contributed by atoms with van der Waals surface area (Å²) in [6.45, 7) is 2.38. The minimum Gasteiger partial charge on any atom is -0.493 e. The Morgan fingerprint density at radius 1 is 0.632 bits per heavy atom. The fourth-order valence-corrected chi connectivity index (χ4v) is 3.65. The van der Waals surface area contributed by atoms with Crippen LogP contribution < -0.4 is 4.74 Å². The van der Waals surface area contributed by atoms with E-state index in [0.717, 1.165) is 43.5 Å². The minimum absolute atomic E-state index is 0.00838. The van der Waals surface area contributed by atoms with Crippen LogP contribution in [0.25, 0.3) is 10.8 Å². The van der Waals surface area contributed by atoms with E-state index in [-0.39, 0.29) is 27.6 Å². The minimum atomic E-state index is -1.56. The van der Waals surface area contributed by atoms with Crippen LogP contribution in [-0.2, 0) is 0 Å². The molecule has 0 saturated carbocycles. The highest BCUT2D eigenvalue weighted by molar-refractivity contribution is 5.84. The highest BCUT2D eigenvalue weighted by atomic mass is 19.2. The predicted octanol–water partition coefficient (Wildman–Crippen LogP) is 8.04. The molecule has 0 spiro atoms. The van der Waals surface area contributed by atoms with Gasteiger partial charge in [0.05, 0.1) is 17.7 Å². The van der Waals surface area contributed by atoms with E-state index in [4.69, 9.17) is 4.74 Å². The van der Waals surface area contributed by atoms with Crippen LogP contribution in [0.3, 0.4) is 0 Å². The molecule has 0 aliphatic heterocycles. The lowest BCUT2D eigenvalue weighted by molar-refractivity contribution is 0.303. The molecular weight excluding hydrogens is 502 g/mol. The van der Waals surface area contributed by atoms with Gasteiger partial charge in [0.25, 0.3) is 0 Å². The van der Waals surface area contributed by atoms with E-state index in [1.807, 2.05) is 6.92 Å². The van der Waals surface area contributed by atoms with Gasteiger partial charge in [0.15, 0.2) is 17.5 Å². The molecule has 0 amide bonds. The van der Waals surface area contributed by atoms with Crippen LogP contribution in [0.1, 0.15) is 48.4 Å². The number of ether oxygens (including phenoxy) is 1. The zero-order chi connectivity index (χ0) is 27.2. The molecule has 4 aromatic rings. The van der Waals surface area contributed by atoms with Gasteiger partial charge in [-0.2, -0.15) is 0 Å². The number of unbranched alkanes of at least 4 members (excludes halogenated alkanes) is 2. The molecule has 0 unspecified atom stereocenters. The number of hydrogen-bond acceptors (Lipinski definition) is 1. The quantitative estimate of drug-likeness (QED) is 0.112. The lowest BCUT2D eigenvalue weighted by Gasteiger charge is -2.07. The number of halogens is 6. The zero-order valence-electron chi connectivity index (χ0n) is 20.2. The maximum absolute atomic E-state index is 14.6. The summed E-state index contributed by atoms with van der Waals surface area (Å²) >= 11 is 0. The monoisotopic (exact) mass is 522 g/mol. The third-order valence-corrected chi connectivity index (χ3v) is 5.65. The molecule has 38 heavy (non-hydrogen) atoms. The fourth-order valence-electron chi connectivity index (χ4n) is 3.65. The van der Waals surface area contributed by atoms with Crippen molar-refractivity contribution in [1.29, 1.82) is 0 Å². The second-order valence-corrected chi connectivity index (χ2v) is 8.43. The van der Waals surface area contributed by atoms with Crippen molar-refractivity contribution < 1.29 is 31.1 Å². The van der Waals surface area contributed by atoms with Gasteiger partial charge in [-0.05, 0) is 48.2 Å². The van der Waals surface area contributed by atoms with Gasteiger partial charge in [0.1, 0.15) is 23.2 Å². The Balaban J connectivity index is 1.52. The highest BCUT2D eigenvalue weighted by Crippen LogP contribution is 2.24. The summed E-state index contributed by atoms with van der Waals surface area (Å²) in [6, 6.07) is 10.9. The van der Waals surface area contributed by atoms with E-state index >= 15 is 0 Å². The third-order valence-electron chi connectivity index (χ3n) is 5.65. The van der Waals surface area contributed by atoms with Crippen molar-refractivity contribution in [2.75, 3.05) is 6.61 Å². The van der Waals surface area contributed by atoms with Crippen LogP contribution in [0, 0.1) is 58.6 Å². The van der Waals surface area contributed by atoms with E-state index in [0.29, 0.717) is 12.2 Å². The molecule has 0 aromatic heterocycles. The number of hydrogen-bond donors (Lipinski definition) is 0. The Morgan fingerprint density at radius 3 is 2.03 bits per heavy atom. The van der Waals surface area contributed by atoms with Crippen molar-refractivity contribution in [3.63, 3.8) is 0 Å². The molecular formula is C31H20F6O. The molecule has 0 saturated heterocycles. The van der Waals surface area contributed by atoms with Crippen molar-refractivity contribution in [1.82, 2.24) is 0 Å². The molecule has 0 bridgehead atoms. The molecule has 0 aliphatic rings. The first-order valence-corrected chi connectivity index (χ1v) is 11.8. The highest BCUT2D eigenvalue weighted by Gasteiger charge is 2.13. The Morgan fingerprint density at radius 2 is 1.32 bits per heavy atom. The van der Waals surface area contributed by atoms with Crippen LogP contribution >= 0.6 is 0 Å². The predicted molar refractivity (Wildman–Crippen MR) is 134 cm³/mol. The van der Waals surface area contributed by atoms with Crippen LogP contribution in [-0.4, -0.2) is 6.61 Å². The first-order chi connectivity index (χ1) is 18.3. The van der Waals surface area contributed by atoms with E-state index in [9.17, 15) is 26.3 Å². The maximum atomic E-state index is 14.6. The molecule has 0 radical (unpaired) electrons. The van der Waals surface area contributed by atoms with Crippen molar-refractivity contribution in [3.8, 4) is 29.4 Å². The largest absolute Gasteiger partial charge is 0.493 e. The van der Waals surface area contributed by atoms with Crippen LogP contribution in [0.4, 0.5) is 26.3 Å². The molecule has 4 aromatic carbocycles. The molecule has 0 N–H and O–H groups in total. The Hall–Kier alpha value is -4.36. The van der Waals surface area contributed by atoms with Crippen molar-refractivity contribution in [3.05, 3.63) is 112 Å². The van der Waals surface area contributed by atoms with E-state index < -0.39 is 40.5 Å². The molecule has 192 valence electrons. The molecule has 4 rings (SSSR count). The first-order valence-electron chi connectivity index (χ1n) is 11.8. The van der Waals surface area contributed by atoms with Gasteiger partial charge in [0.2, 0.25) is 0 Å². The van der Waals surface area contributed by atoms with E-state index in [1.54, 1.807) is 0 Å². The number of rotatable bonds is 5. The Kier molecular flexibility index (Phi) is 8.28. The van der Waals surface area contributed by atoms with Crippen LogP contribution in [0.2, 0.25) is 0 Å². The van der Waals surface area contributed by atoms with Gasteiger partial charge in [-0.3, -0.25) is 0 Å². The molecule has 0 aliphatic carbocycles. The fraction of sp³-hybridized carbons (Fsp3) is 0.161. The summed E-state index contributed by atoms with van der Waals surface area (Å²) in [5, 5.41) is 0.000387. The molecule has 1 nitrogen and oxygen atoms in total. The van der Waals surface area contributed by atoms with Gasteiger partial charge in [0, 0.05) is 28.6 Å². The first kappa shape index (κ1) is 26.7. The van der Waals surface area contributed by atoms with Gasteiger partial charge in [-0.1, -0.05) is 49.5 Å². The summed E-state index contributed by atoms with van der Waals surface area (Å²) in [5.41, 5.74) is 0.0497. The van der Waals surface area contributed by atoms with Gasteiger partial charge in [-0.25, -0.2) is 26.3 Å². The molecule has 0 atom stereocenters. The topological polar surface area (TPSA) is 9.23 Å². The van der Waals surface area contributed by atoms with Crippen molar-refractivity contribution in [2.24, 2.45) is 0 Å². The van der Waals surface area contributed by atoms with E-state index in [1.165, 1.54) is 30.3 Å². The second-order valence-electron chi connectivity index (χ2n) is 8.43. The maximum Gasteiger partial charge on any atom is 0.195 e. The molecule has 0 heterocycles. The van der Waals surface area contributed by atoms with E-state index in [2.05, 4.69) is 23.7 Å². The average Bonchev–Trinajstić information content (AvgIpc) is 2.89. The smallest absolute Gasteiger partial charge is 0.195 e. The molecule has 0 fully saturated rings. The van der Waals surface area contributed by atoms with Crippen LogP contribution in [0.5, 0.6) is 5.75 Å². The lowest BCUT2D eigenvalue weighted by atomic mass is 10.1. The summed E-state index contributed by atoms with van der Waals surface area (Å²) in [6.07, 6.45) is 2.72. The van der Waals surface area contributed by atoms with Crippen molar-refractivity contribution >= 4 is 10.8 Å². The standard InChI is InChI=1S/C31H20F6O/c1-2-3-4-13-38-23-17-27(33)25(28(34)18-23)12-8-20-6-10-21(26(32)15-20)9-5-19-7-11-24-22(14-19)16-29(35)31(37)30(24)36/h6-7,10-11,14-18H,2-4,13H2,1H3. The molecule has 7 heteroatoms. The summed E-state index contributed by atoms with van der Waals surface area (Å²) in [4.78, 5) is 0.